The number of anilines is 1. The molecule has 0 radical (unpaired) electrons. The van der Waals surface area contributed by atoms with Gasteiger partial charge >= 0.3 is 0 Å². The van der Waals surface area contributed by atoms with E-state index in [2.05, 4.69) is 15.9 Å². The first kappa shape index (κ1) is 8.09. The van der Waals surface area contributed by atoms with Crippen molar-refractivity contribution in [2.45, 2.75) is 6.92 Å². The van der Waals surface area contributed by atoms with Crippen LogP contribution in [0.5, 0.6) is 0 Å². The topological polar surface area (TPSA) is 49.8 Å². The predicted octanol–water partition coefficient (Wildman–Crippen LogP) is 2.21. The second kappa shape index (κ2) is 2.93. The number of nitriles is 1. The minimum absolute atomic E-state index is 0.525. The molecule has 0 aromatic heterocycles. The first-order chi connectivity index (χ1) is 5.15. The molecule has 0 fully saturated rings. The Hall–Kier alpha value is -1.01. The minimum Gasteiger partial charge on any atom is -0.397 e. The molecule has 0 atom stereocenters. The van der Waals surface area contributed by atoms with Crippen LogP contribution in [-0.2, 0) is 0 Å². The molecule has 0 saturated heterocycles. The highest BCUT2D eigenvalue weighted by Crippen LogP contribution is 2.21. The summed E-state index contributed by atoms with van der Waals surface area (Å²) in [6.07, 6.45) is 0. The molecule has 0 amide bonds. The fourth-order valence-electron chi connectivity index (χ4n) is 0.847. The van der Waals surface area contributed by atoms with Crippen molar-refractivity contribution in [1.82, 2.24) is 0 Å². The highest BCUT2D eigenvalue weighted by atomic mass is 79.9. The molecule has 1 aromatic carbocycles. The van der Waals surface area contributed by atoms with Crippen molar-refractivity contribution in [3.63, 3.8) is 0 Å². The van der Waals surface area contributed by atoms with Gasteiger partial charge in [-0.15, -0.1) is 0 Å². The number of halogens is 1. The first-order valence-electron chi connectivity index (χ1n) is 3.11. The summed E-state index contributed by atoms with van der Waals surface area (Å²) < 4.78 is 0.890. The zero-order valence-corrected chi connectivity index (χ0v) is 7.64. The van der Waals surface area contributed by atoms with Crippen molar-refractivity contribution in [1.29, 1.82) is 5.26 Å². The van der Waals surface area contributed by atoms with Crippen LogP contribution in [0.15, 0.2) is 16.6 Å². The molecular formula is C8H7BrN2. The van der Waals surface area contributed by atoms with Gasteiger partial charge in [0.25, 0.3) is 0 Å². The molecule has 11 heavy (non-hydrogen) atoms. The van der Waals surface area contributed by atoms with Gasteiger partial charge in [-0.2, -0.15) is 5.26 Å². The third kappa shape index (κ3) is 1.52. The van der Waals surface area contributed by atoms with Gasteiger partial charge in [-0.3, -0.25) is 0 Å². The van der Waals surface area contributed by atoms with Gasteiger partial charge in [-0.05, 0) is 24.6 Å². The van der Waals surface area contributed by atoms with Crippen molar-refractivity contribution >= 4 is 21.6 Å². The maximum Gasteiger partial charge on any atom is 0.101 e. The normalized spacial score (nSPS) is 9.18. The van der Waals surface area contributed by atoms with Gasteiger partial charge in [0.05, 0.1) is 11.3 Å². The van der Waals surface area contributed by atoms with Crippen molar-refractivity contribution < 1.29 is 0 Å². The molecule has 0 aliphatic carbocycles. The van der Waals surface area contributed by atoms with Crippen LogP contribution in [0.25, 0.3) is 0 Å². The van der Waals surface area contributed by atoms with E-state index in [0.717, 1.165) is 10.0 Å². The monoisotopic (exact) mass is 210 g/mol. The molecule has 0 spiro atoms. The predicted molar refractivity (Wildman–Crippen MR) is 48.0 cm³/mol. The van der Waals surface area contributed by atoms with Crippen LogP contribution in [0.3, 0.4) is 0 Å². The number of nitrogens with two attached hydrogens (primary N) is 1. The second-order valence-electron chi connectivity index (χ2n) is 2.30. The summed E-state index contributed by atoms with van der Waals surface area (Å²) in [5, 5.41) is 8.62. The summed E-state index contributed by atoms with van der Waals surface area (Å²) in [4.78, 5) is 0. The zero-order chi connectivity index (χ0) is 8.43. The Morgan fingerprint density at radius 2 is 2.18 bits per heavy atom. The summed E-state index contributed by atoms with van der Waals surface area (Å²) in [5.41, 5.74) is 7.64. The molecule has 1 aromatic rings. The van der Waals surface area contributed by atoms with Gasteiger partial charge < -0.3 is 5.73 Å². The Balaban J connectivity index is 3.39. The first-order valence-corrected chi connectivity index (χ1v) is 3.90. The lowest BCUT2D eigenvalue weighted by molar-refractivity contribution is 1.41. The molecule has 0 heterocycles. The van der Waals surface area contributed by atoms with Crippen LogP contribution >= 0.6 is 15.9 Å². The van der Waals surface area contributed by atoms with Crippen molar-refractivity contribution in [2.75, 3.05) is 5.73 Å². The van der Waals surface area contributed by atoms with E-state index >= 15 is 0 Å². The average molecular weight is 211 g/mol. The van der Waals surface area contributed by atoms with E-state index in [1.54, 1.807) is 6.07 Å². The van der Waals surface area contributed by atoms with Crippen LogP contribution in [0.1, 0.15) is 11.1 Å². The molecule has 0 aliphatic heterocycles. The number of benzene rings is 1. The van der Waals surface area contributed by atoms with Gasteiger partial charge in [0, 0.05) is 4.47 Å². The molecule has 0 unspecified atom stereocenters. The van der Waals surface area contributed by atoms with Gasteiger partial charge in [0.2, 0.25) is 0 Å². The summed E-state index contributed by atoms with van der Waals surface area (Å²) in [6.45, 7) is 1.88. The lowest BCUT2D eigenvalue weighted by atomic mass is 10.1. The Bertz CT molecular complexity index is 326. The van der Waals surface area contributed by atoms with Crippen molar-refractivity contribution in [3.05, 3.63) is 27.7 Å². The Morgan fingerprint density at radius 1 is 1.55 bits per heavy atom. The molecule has 0 aliphatic rings. The Morgan fingerprint density at radius 3 is 2.73 bits per heavy atom. The van der Waals surface area contributed by atoms with Crippen LogP contribution in [0.4, 0.5) is 5.69 Å². The summed E-state index contributed by atoms with van der Waals surface area (Å²) >= 11 is 3.28. The van der Waals surface area contributed by atoms with Crippen molar-refractivity contribution in [2.24, 2.45) is 0 Å². The van der Waals surface area contributed by atoms with E-state index in [0.29, 0.717) is 11.3 Å². The Kier molecular flexibility index (Phi) is 2.16. The van der Waals surface area contributed by atoms with Crippen molar-refractivity contribution in [3.8, 4) is 6.07 Å². The molecule has 0 bridgehead atoms. The standard InChI is InChI=1S/C8H7BrN2/c1-5-2-7(9)3-6(4-10)8(5)11/h2-3H,11H2,1H3. The maximum absolute atomic E-state index is 8.62. The number of hydrogen-bond donors (Lipinski definition) is 1. The number of nitrogens with zero attached hydrogens (tertiary/aromatic N) is 1. The molecule has 3 heteroatoms. The molecule has 2 N–H and O–H groups in total. The van der Waals surface area contributed by atoms with E-state index in [4.69, 9.17) is 11.0 Å². The largest absolute Gasteiger partial charge is 0.397 e. The van der Waals surface area contributed by atoms with Gasteiger partial charge in [0.1, 0.15) is 6.07 Å². The summed E-state index contributed by atoms with van der Waals surface area (Å²) in [6, 6.07) is 5.62. The number of aryl methyl sites for hydroxylation is 1. The summed E-state index contributed by atoms with van der Waals surface area (Å²) in [7, 11) is 0. The molecule has 56 valence electrons. The van der Waals surface area contributed by atoms with Crippen LogP contribution < -0.4 is 5.73 Å². The summed E-state index contributed by atoms with van der Waals surface area (Å²) in [5.74, 6) is 0. The maximum atomic E-state index is 8.62. The fourth-order valence-corrected chi connectivity index (χ4v) is 1.42. The lowest BCUT2D eigenvalue weighted by Crippen LogP contribution is -1.93. The number of rotatable bonds is 0. The average Bonchev–Trinajstić information content (AvgIpc) is 1.96. The van der Waals surface area contributed by atoms with Gasteiger partial charge in [-0.25, -0.2) is 0 Å². The van der Waals surface area contributed by atoms with Crippen LogP contribution in [-0.4, -0.2) is 0 Å². The van der Waals surface area contributed by atoms with Gasteiger partial charge in [0.15, 0.2) is 0 Å². The lowest BCUT2D eigenvalue weighted by Gasteiger charge is -2.01. The smallest absolute Gasteiger partial charge is 0.101 e. The third-order valence-electron chi connectivity index (χ3n) is 1.47. The number of nitrogen functional groups attached to an aromatic ring is 1. The SMILES string of the molecule is Cc1cc(Br)cc(C#N)c1N. The number of hydrogen-bond acceptors (Lipinski definition) is 2. The minimum atomic E-state index is 0.525. The van der Waals surface area contributed by atoms with E-state index in [-0.39, 0.29) is 0 Å². The van der Waals surface area contributed by atoms with E-state index in [1.807, 2.05) is 19.1 Å². The van der Waals surface area contributed by atoms with Crippen LogP contribution in [0.2, 0.25) is 0 Å². The highest BCUT2D eigenvalue weighted by Gasteiger charge is 2.01. The second-order valence-corrected chi connectivity index (χ2v) is 3.21. The van der Waals surface area contributed by atoms with E-state index < -0.39 is 0 Å². The zero-order valence-electron chi connectivity index (χ0n) is 6.06. The van der Waals surface area contributed by atoms with Gasteiger partial charge in [-0.1, -0.05) is 15.9 Å². The van der Waals surface area contributed by atoms with Crippen LogP contribution in [0, 0.1) is 18.3 Å². The quantitative estimate of drug-likeness (QED) is 0.668. The Labute approximate surface area is 73.8 Å². The molecule has 2 nitrogen and oxygen atoms in total. The highest BCUT2D eigenvalue weighted by molar-refractivity contribution is 9.10. The van der Waals surface area contributed by atoms with E-state index in [9.17, 15) is 0 Å². The molecule has 1 rings (SSSR count). The molecular weight excluding hydrogens is 204 g/mol. The van der Waals surface area contributed by atoms with E-state index in [1.165, 1.54) is 0 Å². The fraction of sp³-hybridized carbons (Fsp3) is 0.125. The molecule has 0 saturated carbocycles. The third-order valence-corrected chi connectivity index (χ3v) is 1.93.